The number of ether oxygens (including phenoxy) is 2. The molecule has 190 valence electrons. The van der Waals surface area contributed by atoms with E-state index in [1.54, 1.807) is 7.11 Å². The van der Waals surface area contributed by atoms with Gasteiger partial charge in [0.1, 0.15) is 0 Å². The molecule has 1 amide bonds. The second-order valence-electron chi connectivity index (χ2n) is 9.77. The minimum Gasteiger partial charge on any atom is -0.493 e. The fourth-order valence-electron chi connectivity index (χ4n) is 5.50. The number of nitrogens with two attached hydrogens (primary N) is 1. The molecular weight excluding hydrogens is 454 g/mol. The first-order valence-electron chi connectivity index (χ1n) is 12.8. The van der Waals surface area contributed by atoms with Crippen molar-refractivity contribution in [2.45, 2.75) is 38.1 Å². The van der Waals surface area contributed by atoms with Gasteiger partial charge in [-0.15, -0.1) is 0 Å². The Kier molecular flexibility index (Phi) is 6.96. The molecule has 8 nitrogen and oxygen atoms in total. The number of rotatable bonds is 5. The van der Waals surface area contributed by atoms with Crippen molar-refractivity contribution in [2.75, 3.05) is 46.9 Å². The number of fused-ring (bicyclic) bond motifs is 3. The first-order chi connectivity index (χ1) is 17.5. The standard InChI is InChI=1S/C28H35N5O3/c1-4-36-25-15-20-21(16-24(25)35-3)26(30-23-11-14-32(2)17-22(20)23)18-7-9-19(10-8-18)27(34)31-28(29)33-12-5-6-13-33/h7-10,15-16,22-23H,4-6,11-14,17H2,1-3H3,(H2,29,31,34). The summed E-state index contributed by atoms with van der Waals surface area (Å²) in [6, 6.07) is 11.9. The van der Waals surface area contributed by atoms with Gasteiger partial charge in [0.15, 0.2) is 17.5 Å². The fraction of sp³-hybridized carbons (Fsp3) is 0.464. The van der Waals surface area contributed by atoms with Gasteiger partial charge in [0.2, 0.25) is 0 Å². The number of guanidine groups is 1. The zero-order chi connectivity index (χ0) is 25.2. The van der Waals surface area contributed by atoms with Gasteiger partial charge in [0.25, 0.3) is 5.91 Å². The molecule has 0 spiro atoms. The molecule has 2 unspecified atom stereocenters. The maximum Gasteiger partial charge on any atom is 0.280 e. The molecule has 0 aromatic heterocycles. The van der Waals surface area contributed by atoms with Gasteiger partial charge in [-0.05, 0) is 69.6 Å². The molecule has 8 heteroatoms. The molecular formula is C28H35N5O3. The van der Waals surface area contributed by atoms with Crippen LogP contribution in [0, 0.1) is 0 Å². The van der Waals surface area contributed by atoms with Crippen LogP contribution in [0.3, 0.4) is 0 Å². The van der Waals surface area contributed by atoms with Crippen molar-refractivity contribution in [3.05, 3.63) is 58.7 Å². The first-order valence-corrected chi connectivity index (χ1v) is 12.8. The number of likely N-dealkylation sites (tertiary alicyclic amines) is 2. The van der Waals surface area contributed by atoms with Crippen molar-refractivity contribution in [1.82, 2.24) is 9.80 Å². The van der Waals surface area contributed by atoms with Crippen LogP contribution in [-0.2, 0) is 0 Å². The number of nitrogens with zero attached hydrogens (tertiary/aromatic N) is 4. The third-order valence-corrected chi connectivity index (χ3v) is 7.42. The van der Waals surface area contributed by atoms with Crippen molar-refractivity contribution in [3.63, 3.8) is 0 Å². The number of amides is 1. The van der Waals surface area contributed by atoms with Crippen LogP contribution in [0.25, 0.3) is 0 Å². The Morgan fingerprint density at radius 2 is 1.89 bits per heavy atom. The molecule has 2 aromatic carbocycles. The van der Waals surface area contributed by atoms with Crippen LogP contribution in [0.1, 0.15) is 59.2 Å². The van der Waals surface area contributed by atoms with Crippen LogP contribution in [0.4, 0.5) is 0 Å². The minimum absolute atomic E-state index is 0.206. The molecule has 0 bridgehead atoms. The molecule has 36 heavy (non-hydrogen) atoms. The molecule has 3 aliphatic heterocycles. The molecule has 2 fully saturated rings. The van der Waals surface area contributed by atoms with Gasteiger partial charge in [-0.2, -0.15) is 4.99 Å². The van der Waals surface area contributed by atoms with Crippen LogP contribution in [0.2, 0.25) is 0 Å². The minimum atomic E-state index is -0.324. The monoisotopic (exact) mass is 489 g/mol. The Balaban J connectivity index is 1.48. The highest BCUT2D eigenvalue weighted by atomic mass is 16.5. The van der Waals surface area contributed by atoms with E-state index in [1.807, 2.05) is 42.2 Å². The van der Waals surface area contributed by atoms with Gasteiger partial charge in [0.05, 0.1) is 25.5 Å². The van der Waals surface area contributed by atoms with Gasteiger partial charge in [0, 0.05) is 42.2 Å². The van der Waals surface area contributed by atoms with Crippen LogP contribution in [-0.4, -0.2) is 80.4 Å². The number of hydrogen-bond donors (Lipinski definition) is 1. The van der Waals surface area contributed by atoms with Gasteiger partial charge in [-0.1, -0.05) is 12.1 Å². The number of hydrogen-bond acceptors (Lipinski definition) is 5. The Hall–Kier alpha value is -3.39. The van der Waals surface area contributed by atoms with Crippen molar-refractivity contribution >= 4 is 17.6 Å². The van der Waals surface area contributed by atoms with Gasteiger partial charge >= 0.3 is 0 Å². The van der Waals surface area contributed by atoms with Gasteiger partial charge in [-0.25, -0.2) is 0 Å². The second-order valence-corrected chi connectivity index (χ2v) is 9.77. The third-order valence-electron chi connectivity index (χ3n) is 7.42. The van der Waals surface area contributed by atoms with E-state index in [0.717, 1.165) is 68.0 Å². The van der Waals surface area contributed by atoms with Crippen molar-refractivity contribution in [1.29, 1.82) is 0 Å². The number of benzene rings is 2. The summed E-state index contributed by atoms with van der Waals surface area (Å²) in [4.78, 5) is 26.4. The highest BCUT2D eigenvalue weighted by molar-refractivity contribution is 6.15. The quantitative estimate of drug-likeness (QED) is 0.512. The lowest BCUT2D eigenvalue weighted by molar-refractivity contribution is 0.100. The average Bonchev–Trinajstić information content (AvgIpc) is 3.44. The van der Waals surface area contributed by atoms with E-state index >= 15 is 0 Å². The van der Waals surface area contributed by atoms with Crippen LogP contribution < -0.4 is 15.2 Å². The zero-order valence-electron chi connectivity index (χ0n) is 21.4. The number of methoxy groups -OCH3 is 1. The maximum atomic E-state index is 12.7. The number of likely N-dealkylation sites (N-methyl/N-ethyl adjacent to an activating group) is 1. The molecule has 5 rings (SSSR count). The van der Waals surface area contributed by atoms with E-state index in [-0.39, 0.29) is 11.9 Å². The molecule has 2 aromatic rings. The molecule has 2 saturated heterocycles. The normalized spacial score (nSPS) is 22.0. The van der Waals surface area contributed by atoms with Crippen LogP contribution >= 0.6 is 0 Å². The van der Waals surface area contributed by atoms with E-state index in [4.69, 9.17) is 20.2 Å². The Morgan fingerprint density at radius 3 is 2.58 bits per heavy atom. The number of carbonyl (C=O) groups is 1. The topological polar surface area (TPSA) is 92.7 Å². The number of aliphatic imine (C=N–C) groups is 2. The average molecular weight is 490 g/mol. The molecule has 0 saturated carbocycles. The van der Waals surface area contributed by atoms with Crippen molar-refractivity contribution in [3.8, 4) is 11.5 Å². The van der Waals surface area contributed by atoms with Crippen molar-refractivity contribution in [2.24, 2.45) is 15.7 Å². The summed E-state index contributed by atoms with van der Waals surface area (Å²) in [5, 5.41) is 0. The molecule has 0 aliphatic carbocycles. The summed E-state index contributed by atoms with van der Waals surface area (Å²) in [6.07, 6.45) is 3.16. The maximum absolute atomic E-state index is 12.7. The number of piperidine rings is 1. The van der Waals surface area contributed by atoms with Gasteiger partial charge in [-0.3, -0.25) is 9.79 Å². The molecule has 2 atom stereocenters. The third kappa shape index (κ3) is 4.69. The second kappa shape index (κ2) is 10.3. The summed E-state index contributed by atoms with van der Waals surface area (Å²) in [5.74, 6) is 1.75. The van der Waals surface area contributed by atoms with E-state index in [9.17, 15) is 4.79 Å². The highest BCUT2D eigenvalue weighted by Gasteiger charge is 2.36. The van der Waals surface area contributed by atoms with Crippen LogP contribution in [0.5, 0.6) is 11.5 Å². The SMILES string of the molecule is CCOc1cc2c(cc1OC)C(c1ccc(C(=O)N=C(N)N3CCCC3)cc1)=NC1CCN(C)CC21. The fourth-order valence-corrected chi connectivity index (χ4v) is 5.50. The summed E-state index contributed by atoms with van der Waals surface area (Å²) in [7, 11) is 3.83. The Morgan fingerprint density at radius 1 is 1.14 bits per heavy atom. The highest BCUT2D eigenvalue weighted by Crippen LogP contribution is 2.42. The lowest BCUT2D eigenvalue weighted by Gasteiger charge is -2.39. The molecule has 2 N–H and O–H groups in total. The van der Waals surface area contributed by atoms with Crippen molar-refractivity contribution < 1.29 is 14.3 Å². The zero-order valence-corrected chi connectivity index (χ0v) is 21.4. The van der Waals surface area contributed by atoms with E-state index in [2.05, 4.69) is 23.0 Å². The summed E-state index contributed by atoms with van der Waals surface area (Å²) in [6.45, 7) is 6.24. The molecule has 3 aliphatic rings. The Labute approximate surface area is 212 Å². The smallest absolute Gasteiger partial charge is 0.280 e. The predicted octanol–water partition coefficient (Wildman–Crippen LogP) is 3.28. The summed E-state index contributed by atoms with van der Waals surface area (Å²) >= 11 is 0. The predicted molar refractivity (Wildman–Crippen MR) is 142 cm³/mol. The molecule has 0 radical (unpaired) electrons. The van der Waals surface area contributed by atoms with Gasteiger partial charge < -0.3 is 25.0 Å². The molecule has 3 heterocycles. The van der Waals surface area contributed by atoms with Crippen LogP contribution in [0.15, 0.2) is 46.4 Å². The Bertz CT molecular complexity index is 1180. The van der Waals surface area contributed by atoms with E-state index < -0.39 is 0 Å². The summed E-state index contributed by atoms with van der Waals surface area (Å²) in [5.41, 5.74) is 10.8. The number of carbonyl (C=O) groups excluding carboxylic acids is 1. The largest absolute Gasteiger partial charge is 0.493 e. The first kappa shape index (κ1) is 24.3. The van der Waals surface area contributed by atoms with E-state index in [1.165, 1.54) is 5.56 Å². The summed E-state index contributed by atoms with van der Waals surface area (Å²) < 4.78 is 11.6. The lowest BCUT2D eigenvalue weighted by Crippen LogP contribution is -2.41. The van der Waals surface area contributed by atoms with E-state index in [0.29, 0.717) is 29.8 Å². The lowest BCUT2D eigenvalue weighted by atomic mass is 9.79.